The van der Waals surface area contributed by atoms with Crippen LogP contribution in [0.1, 0.15) is 25.2 Å². The maximum atomic E-state index is 13.0. The van der Waals surface area contributed by atoms with Crippen molar-refractivity contribution < 1.29 is 8.76 Å². The van der Waals surface area contributed by atoms with E-state index >= 15 is 0 Å². The van der Waals surface area contributed by atoms with Crippen LogP contribution in [0.2, 0.25) is 0 Å². The van der Waals surface area contributed by atoms with Crippen molar-refractivity contribution in [3.05, 3.63) is 54.0 Å². The van der Waals surface area contributed by atoms with Gasteiger partial charge in [-0.1, -0.05) is 0 Å². The molecule has 170 valence electrons. The highest BCUT2D eigenvalue weighted by Gasteiger charge is 2.32. The molecular formula is C23H31N6O2S+. The van der Waals surface area contributed by atoms with Crippen LogP contribution in [0.15, 0.2) is 47.5 Å². The summed E-state index contributed by atoms with van der Waals surface area (Å²) >= 11 is 0. The van der Waals surface area contributed by atoms with Gasteiger partial charge in [0, 0.05) is 38.4 Å². The zero-order valence-corrected chi connectivity index (χ0v) is 20.0. The summed E-state index contributed by atoms with van der Waals surface area (Å²) in [7, 11) is -1.65. The minimum Gasteiger partial charge on any atom is -0.354 e. The van der Waals surface area contributed by atoms with Gasteiger partial charge in [0.05, 0.1) is 11.4 Å². The smallest absolute Gasteiger partial charge is 0.346 e. The molecule has 1 saturated heterocycles. The van der Waals surface area contributed by atoms with Gasteiger partial charge >= 0.3 is 10.4 Å². The largest absolute Gasteiger partial charge is 0.354 e. The fraction of sp³-hybridized carbons (Fsp3) is 0.391. The molecule has 3 aromatic rings. The van der Waals surface area contributed by atoms with E-state index in [-0.39, 0.29) is 0 Å². The third-order valence-corrected chi connectivity index (χ3v) is 7.28. The van der Waals surface area contributed by atoms with E-state index in [1.807, 2.05) is 45.3 Å². The Morgan fingerprint density at radius 1 is 1.09 bits per heavy atom. The van der Waals surface area contributed by atoms with E-state index < -0.39 is 10.4 Å². The maximum absolute atomic E-state index is 13.0. The molecule has 0 saturated carbocycles. The first-order chi connectivity index (χ1) is 15.1. The molecule has 1 aromatic carbocycles. The molecule has 2 aromatic heterocycles. The summed E-state index contributed by atoms with van der Waals surface area (Å²) in [6, 6.07) is 12.0. The molecule has 1 aliphatic heterocycles. The number of nitrogens with one attached hydrogen (secondary N) is 2. The standard InChI is InChI=1S/C23H30N6O2S/c1-15-13-29(14-16(2)25-15)22-12-20(10-11-24-22)19-6-8-21(9-7-19)32(30,31)27-23-17(3)26-28(5)18(23)4/h6-12,15-16,25H,13-14H2,1-5H3,(H-,27,30,31)/p+1. The van der Waals surface area contributed by atoms with Crippen molar-refractivity contribution in [2.24, 2.45) is 7.05 Å². The molecule has 3 heterocycles. The van der Waals surface area contributed by atoms with Crippen molar-refractivity contribution in [2.45, 2.75) is 44.7 Å². The van der Waals surface area contributed by atoms with Crippen molar-refractivity contribution in [3.63, 3.8) is 0 Å². The Labute approximate surface area is 190 Å². The third-order valence-electron chi connectivity index (χ3n) is 5.88. The summed E-state index contributed by atoms with van der Waals surface area (Å²) in [5, 5.41) is 7.84. The molecule has 0 bridgehead atoms. The van der Waals surface area contributed by atoms with Crippen molar-refractivity contribution >= 4 is 21.9 Å². The van der Waals surface area contributed by atoms with E-state index in [0.29, 0.717) is 28.4 Å². The summed E-state index contributed by atoms with van der Waals surface area (Å²) < 4.78 is 28.2. The molecule has 0 spiro atoms. The van der Waals surface area contributed by atoms with Crippen molar-refractivity contribution in [2.75, 3.05) is 22.7 Å². The maximum Gasteiger partial charge on any atom is 0.346 e. The Bertz CT molecular complexity index is 1150. The van der Waals surface area contributed by atoms with E-state index in [9.17, 15) is 8.76 Å². The van der Waals surface area contributed by atoms with E-state index in [1.165, 1.54) is 0 Å². The first-order valence-corrected chi connectivity index (χ1v) is 12.3. The van der Waals surface area contributed by atoms with E-state index in [4.69, 9.17) is 0 Å². The second-order valence-corrected chi connectivity index (χ2v) is 10.3. The SMILES string of the molecule is Cc1nn(C)c(C)c1N[S+](=O)(O)c1ccc(-c2ccnc(N3CC(C)NC(C)C3)c2)cc1. The van der Waals surface area contributed by atoms with Crippen LogP contribution in [-0.4, -0.2) is 44.5 Å². The average molecular weight is 456 g/mol. The van der Waals surface area contributed by atoms with Crippen molar-refractivity contribution in [3.8, 4) is 11.1 Å². The Hall–Kier alpha value is -2.75. The number of rotatable bonds is 5. The summed E-state index contributed by atoms with van der Waals surface area (Å²) in [5.74, 6) is 0.946. The minimum atomic E-state index is -3.46. The summed E-state index contributed by atoms with van der Waals surface area (Å²) in [5.41, 5.74) is 4.07. The number of hydrogen-bond acceptors (Lipinski definition) is 5. The lowest BCUT2D eigenvalue weighted by Crippen LogP contribution is -2.54. The van der Waals surface area contributed by atoms with E-state index in [2.05, 4.69) is 44.9 Å². The van der Waals surface area contributed by atoms with Gasteiger partial charge in [0.15, 0.2) is 0 Å². The molecule has 3 atom stereocenters. The third kappa shape index (κ3) is 4.55. The van der Waals surface area contributed by atoms with Gasteiger partial charge in [-0.15, -0.1) is 0 Å². The van der Waals surface area contributed by atoms with Gasteiger partial charge in [0.25, 0.3) is 0 Å². The lowest BCUT2D eigenvalue weighted by molar-refractivity contribution is 0.405. The number of aryl methyl sites for hydroxylation is 2. The van der Waals surface area contributed by atoms with Gasteiger partial charge in [0.2, 0.25) is 4.90 Å². The summed E-state index contributed by atoms with van der Waals surface area (Å²) in [4.78, 5) is 7.19. The first-order valence-electron chi connectivity index (χ1n) is 10.8. The van der Waals surface area contributed by atoms with Crippen LogP contribution < -0.4 is 14.9 Å². The normalized spacial score (nSPS) is 20.8. The predicted molar refractivity (Wildman–Crippen MR) is 129 cm³/mol. The van der Waals surface area contributed by atoms with Gasteiger partial charge in [-0.2, -0.15) is 14.4 Å². The zero-order chi connectivity index (χ0) is 23.0. The molecule has 9 heteroatoms. The van der Waals surface area contributed by atoms with Gasteiger partial charge in [-0.25, -0.2) is 4.98 Å². The van der Waals surface area contributed by atoms with Crippen LogP contribution in [-0.2, 0) is 21.7 Å². The molecule has 8 nitrogen and oxygen atoms in total. The first kappa shape index (κ1) is 22.4. The Morgan fingerprint density at radius 3 is 2.34 bits per heavy atom. The molecule has 0 radical (unpaired) electrons. The summed E-state index contributed by atoms with van der Waals surface area (Å²) in [6.07, 6.45) is 1.82. The molecule has 0 amide bonds. The van der Waals surface area contributed by atoms with Crippen LogP contribution in [0.25, 0.3) is 11.1 Å². The number of anilines is 2. The van der Waals surface area contributed by atoms with Crippen LogP contribution >= 0.6 is 0 Å². The number of aromatic nitrogens is 3. The van der Waals surface area contributed by atoms with E-state index in [0.717, 1.165) is 35.7 Å². The van der Waals surface area contributed by atoms with E-state index in [1.54, 1.807) is 16.8 Å². The van der Waals surface area contributed by atoms with Gasteiger partial charge < -0.3 is 10.2 Å². The minimum absolute atomic E-state index is 0.322. The van der Waals surface area contributed by atoms with Crippen molar-refractivity contribution in [1.29, 1.82) is 0 Å². The highest BCUT2D eigenvalue weighted by Crippen LogP contribution is 2.29. The molecule has 1 aliphatic rings. The van der Waals surface area contributed by atoms with Crippen LogP contribution in [0, 0.1) is 13.8 Å². The second kappa shape index (κ2) is 8.65. The number of nitrogens with zero attached hydrogens (tertiary/aromatic N) is 4. The van der Waals surface area contributed by atoms with Gasteiger partial charge in [-0.3, -0.25) is 4.68 Å². The average Bonchev–Trinajstić information content (AvgIpc) is 2.99. The van der Waals surface area contributed by atoms with Crippen LogP contribution in [0.3, 0.4) is 0 Å². The predicted octanol–water partition coefficient (Wildman–Crippen LogP) is 3.64. The number of pyridine rings is 1. The molecular weight excluding hydrogens is 424 g/mol. The fourth-order valence-electron chi connectivity index (χ4n) is 4.24. The van der Waals surface area contributed by atoms with Gasteiger partial charge in [-0.05, 0) is 79.4 Å². The monoisotopic (exact) mass is 455 g/mol. The highest BCUT2D eigenvalue weighted by molar-refractivity contribution is 7.99. The number of hydrogen-bond donors (Lipinski definition) is 3. The number of piperazine rings is 1. The second-order valence-electron chi connectivity index (χ2n) is 8.60. The van der Waals surface area contributed by atoms with Crippen molar-refractivity contribution in [1.82, 2.24) is 20.1 Å². The molecule has 3 N–H and O–H groups in total. The molecule has 32 heavy (non-hydrogen) atoms. The molecule has 1 fully saturated rings. The zero-order valence-electron chi connectivity index (χ0n) is 19.2. The molecule has 0 aliphatic carbocycles. The van der Waals surface area contributed by atoms with Crippen LogP contribution in [0.5, 0.6) is 0 Å². The quantitative estimate of drug-likeness (QED) is 0.509. The Morgan fingerprint density at radius 2 is 1.75 bits per heavy atom. The molecule has 4 rings (SSSR count). The lowest BCUT2D eigenvalue weighted by Gasteiger charge is -2.37. The summed E-state index contributed by atoms with van der Waals surface area (Å²) in [6.45, 7) is 9.85. The Balaban J connectivity index is 1.55. The molecule has 3 unspecified atom stereocenters. The van der Waals surface area contributed by atoms with Gasteiger partial charge in [0.1, 0.15) is 11.5 Å². The lowest BCUT2D eigenvalue weighted by atomic mass is 10.1. The number of benzene rings is 1. The fourth-order valence-corrected chi connectivity index (χ4v) is 5.43. The van der Waals surface area contributed by atoms with Crippen LogP contribution in [0.4, 0.5) is 11.5 Å². The Kier molecular flexibility index (Phi) is 6.07. The highest BCUT2D eigenvalue weighted by atomic mass is 32.3. The topological polar surface area (TPSA) is 95.3 Å².